The molecule has 1 aromatic heterocycles. The molecule has 0 fully saturated rings. The molecular weight excluding hydrogens is 330 g/mol. The molecular formula is C16H15N3O4S. The number of nitrogens with two attached hydrogens (primary N) is 1. The maximum atomic E-state index is 10.7. The summed E-state index contributed by atoms with van der Waals surface area (Å²) in [6, 6.07) is 16.0. The third-order valence-corrected chi connectivity index (χ3v) is 3.73. The minimum atomic E-state index is -3.11. The highest BCUT2D eigenvalue weighted by molar-refractivity contribution is 7.75. The van der Waals surface area contributed by atoms with E-state index >= 15 is 0 Å². The molecule has 124 valence electrons. The Labute approximate surface area is 140 Å². The summed E-state index contributed by atoms with van der Waals surface area (Å²) in [5, 5.41) is 10.1. The number of para-hydroxylation sites is 1. The molecule has 3 rings (SSSR count). The molecule has 0 aliphatic heterocycles. The summed E-state index contributed by atoms with van der Waals surface area (Å²) in [7, 11) is -3.11. The van der Waals surface area contributed by atoms with Crippen LogP contribution >= 0.6 is 0 Å². The van der Waals surface area contributed by atoms with E-state index in [0.717, 1.165) is 5.52 Å². The van der Waals surface area contributed by atoms with Gasteiger partial charge in [0.25, 0.3) is 0 Å². The van der Waals surface area contributed by atoms with E-state index in [2.05, 4.69) is 17.1 Å². The monoisotopic (exact) mass is 345 g/mol. The topological polar surface area (TPSA) is 114 Å². The van der Waals surface area contributed by atoms with Gasteiger partial charge in [-0.1, -0.05) is 24.3 Å². The molecule has 8 heteroatoms. The van der Waals surface area contributed by atoms with Crippen LogP contribution in [-0.2, 0) is 10.9 Å². The number of aromatic hydroxyl groups is 1. The Balaban J connectivity index is 0.000000182. The summed E-state index contributed by atoms with van der Waals surface area (Å²) in [5.41, 5.74) is 6.00. The maximum Gasteiger partial charge on any atom is 0.333 e. The van der Waals surface area contributed by atoms with Crippen LogP contribution < -0.4 is 10.0 Å². The van der Waals surface area contributed by atoms with Crippen molar-refractivity contribution >= 4 is 33.5 Å². The summed E-state index contributed by atoms with van der Waals surface area (Å²) in [5.74, 6) is -0.0284. The highest BCUT2D eigenvalue weighted by Gasteiger charge is 2.14. The Morgan fingerprint density at radius 1 is 1.00 bits per heavy atom. The first-order valence-corrected chi connectivity index (χ1v) is 7.94. The van der Waals surface area contributed by atoms with Gasteiger partial charge in [0, 0.05) is 11.6 Å². The number of rotatable bonds is 2. The quantitative estimate of drug-likeness (QED) is 0.615. The van der Waals surface area contributed by atoms with Crippen LogP contribution in [0.15, 0.2) is 66.9 Å². The summed E-state index contributed by atoms with van der Waals surface area (Å²) in [4.78, 5) is 14.9. The van der Waals surface area contributed by atoms with Gasteiger partial charge < -0.3 is 10.8 Å². The van der Waals surface area contributed by atoms with E-state index in [1.54, 1.807) is 0 Å². The molecule has 0 saturated heterocycles. The van der Waals surface area contributed by atoms with Crippen molar-refractivity contribution in [2.75, 3.05) is 4.31 Å². The fraction of sp³-hybridized carbons (Fsp3) is 0. The van der Waals surface area contributed by atoms with Crippen molar-refractivity contribution in [3.8, 4) is 5.75 Å². The lowest BCUT2D eigenvalue weighted by Gasteiger charge is -2.11. The van der Waals surface area contributed by atoms with Gasteiger partial charge in [-0.3, -0.25) is 4.98 Å². The molecule has 0 spiro atoms. The number of amides is 2. The van der Waals surface area contributed by atoms with Crippen molar-refractivity contribution in [1.82, 2.24) is 4.98 Å². The van der Waals surface area contributed by atoms with Crippen LogP contribution in [0.2, 0.25) is 0 Å². The number of pyridine rings is 1. The number of benzene rings is 2. The number of aromatic nitrogens is 1. The molecule has 3 aromatic rings. The summed E-state index contributed by atoms with van der Waals surface area (Å²) in [6.07, 6.45) is 1.81. The molecule has 2 amide bonds. The Morgan fingerprint density at radius 3 is 2.21 bits per heavy atom. The molecule has 0 saturated carbocycles. The highest BCUT2D eigenvalue weighted by atomic mass is 32.2. The first kappa shape index (κ1) is 17.2. The van der Waals surface area contributed by atoms with Crippen LogP contribution in [0.5, 0.6) is 5.75 Å². The van der Waals surface area contributed by atoms with Crippen molar-refractivity contribution in [3.05, 3.63) is 66.9 Å². The van der Waals surface area contributed by atoms with Crippen LogP contribution in [0.1, 0.15) is 0 Å². The van der Waals surface area contributed by atoms with Gasteiger partial charge in [0.05, 0.1) is 11.2 Å². The Hall–Kier alpha value is -3.13. The zero-order valence-corrected chi connectivity index (χ0v) is 13.3. The molecule has 0 atom stereocenters. The molecule has 0 unspecified atom stereocenters. The third-order valence-electron chi connectivity index (χ3n) is 2.98. The second-order valence-corrected chi connectivity index (χ2v) is 5.48. The first-order valence-electron chi connectivity index (χ1n) is 6.81. The zero-order chi connectivity index (χ0) is 17.5. The zero-order valence-electron chi connectivity index (χ0n) is 12.4. The Bertz CT molecular complexity index is 837. The molecule has 3 N–H and O–H groups in total. The fourth-order valence-electron chi connectivity index (χ4n) is 1.91. The number of anilines is 1. The van der Waals surface area contributed by atoms with Crippen LogP contribution in [0.4, 0.5) is 10.5 Å². The van der Waals surface area contributed by atoms with E-state index in [4.69, 9.17) is 10.8 Å². The van der Waals surface area contributed by atoms with Crippen molar-refractivity contribution in [2.24, 2.45) is 5.73 Å². The number of hydrogen-bond acceptors (Lipinski definition) is 5. The number of thiol groups is 1. The fourth-order valence-corrected chi connectivity index (χ4v) is 2.39. The second kappa shape index (κ2) is 7.93. The molecule has 0 bridgehead atoms. The molecule has 2 aromatic carbocycles. The van der Waals surface area contributed by atoms with Crippen molar-refractivity contribution in [2.45, 2.75) is 0 Å². The lowest BCUT2D eigenvalue weighted by Crippen LogP contribution is -2.34. The Kier molecular flexibility index (Phi) is 5.69. The van der Waals surface area contributed by atoms with Gasteiger partial charge in [0.15, 0.2) is 0 Å². The van der Waals surface area contributed by atoms with Gasteiger partial charge in [-0.05, 0) is 36.4 Å². The average Bonchev–Trinajstić information content (AvgIpc) is 2.57. The van der Waals surface area contributed by atoms with Gasteiger partial charge in [0.1, 0.15) is 5.75 Å². The van der Waals surface area contributed by atoms with Gasteiger partial charge in [-0.15, -0.1) is 0 Å². The molecule has 7 nitrogen and oxygen atoms in total. The second-order valence-electron chi connectivity index (χ2n) is 4.60. The molecule has 0 aliphatic rings. The van der Waals surface area contributed by atoms with Gasteiger partial charge in [-0.2, -0.15) is 4.31 Å². The van der Waals surface area contributed by atoms with E-state index in [9.17, 15) is 13.2 Å². The van der Waals surface area contributed by atoms with E-state index < -0.39 is 16.9 Å². The number of primary amides is 1. The predicted octanol–water partition coefficient (Wildman–Crippen LogP) is 2.04. The number of phenols is 1. The first-order chi connectivity index (χ1) is 11.5. The lowest BCUT2D eigenvalue weighted by molar-refractivity contribution is 0.257. The Morgan fingerprint density at radius 2 is 1.62 bits per heavy atom. The smallest absolute Gasteiger partial charge is 0.333 e. The van der Waals surface area contributed by atoms with E-state index in [-0.39, 0.29) is 11.4 Å². The number of fused-ring (bicyclic) bond motifs is 1. The number of carbonyl (C=O) groups excluding carboxylic acids is 1. The van der Waals surface area contributed by atoms with Crippen molar-refractivity contribution in [1.29, 1.82) is 0 Å². The molecule has 24 heavy (non-hydrogen) atoms. The largest absolute Gasteiger partial charge is 0.508 e. The number of carbonyl (C=O) groups is 1. The van der Waals surface area contributed by atoms with Gasteiger partial charge in [0.2, 0.25) is 10.9 Å². The van der Waals surface area contributed by atoms with E-state index in [0.29, 0.717) is 4.31 Å². The summed E-state index contributed by atoms with van der Waals surface area (Å²) >= 11 is 0. The van der Waals surface area contributed by atoms with Gasteiger partial charge >= 0.3 is 6.03 Å². The van der Waals surface area contributed by atoms with Crippen molar-refractivity contribution < 1.29 is 18.3 Å². The SMILES string of the molecule is NC(=O)N(c1ccc(O)cc1)[SH](=O)=O.c1ccc2ncccc2c1. The normalized spacial score (nSPS) is 10.0. The maximum absolute atomic E-state index is 10.7. The predicted molar refractivity (Wildman–Crippen MR) is 92.2 cm³/mol. The molecule has 0 radical (unpaired) electrons. The van der Waals surface area contributed by atoms with Gasteiger partial charge in [-0.25, -0.2) is 13.2 Å². The lowest BCUT2D eigenvalue weighted by atomic mass is 10.2. The number of hydrogen-bond donors (Lipinski definition) is 3. The minimum Gasteiger partial charge on any atom is -0.508 e. The highest BCUT2D eigenvalue weighted by Crippen LogP contribution is 2.18. The number of nitrogens with zero attached hydrogens (tertiary/aromatic N) is 2. The van der Waals surface area contributed by atoms with Crippen LogP contribution in [0.3, 0.4) is 0 Å². The number of urea groups is 1. The van der Waals surface area contributed by atoms with Crippen molar-refractivity contribution in [3.63, 3.8) is 0 Å². The van der Waals surface area contributed by atoms with E-state index in [1.165, 1.54) is 29.7 Å². The van der Waals surface area contributed by atoms with Crippen LogP contribution in [0, 0.1) is 0 Å². The number of phenolic OH excluding ortho intramolecular Hbond substituents is 1. The van der Waals surface area contributed by atoms with E-state index in [1.807, 2.05) is 30.5 Å². The summed E-state index contributed by atoms with van der Waals surface area (Å²) in [6.45, 7) is 0. The summed E-state index contributed by atoms with van der Waals surface area (Å²) < 4.78 is 21.7. The molecule has 1 heterocycles. The average molecular weight is 345 g/mol. The third kappa shape index (κ3) is 4.43. The molecule has 0 aliphatic carbocycles. The minimum absolute atomic E-state index is 0.0284. The van der Waals surface area contributed by atoms with Crippen LogP contribution in [-0.4, -0.2) is 24.5 Å². The van der Waals surface area contributed by atoms with Crippen LogP contribution in [0.25, 0.3) is 10.9 Å². The standard InChI is InChI=1S/C9H7N.C7H8N2O4S/c1-2-6-9-8(4-1)5-3-7-10-9;8-7(11)9(14(12)13)5-1-3-6(10)4-2-5/h1-7H;1-4,10,14H,(H2,8,11).